The lowest BCUT2D eigenvalue weighted by Gasteiger charge is -2.16. The molecule has 41 heavy (non-hydrogen) atoms. The molecule has 13 heteroatoms. The van der Waals surface area contributed by atoms with Gasteiger partial charge in [0.2, 0.25) is 23.6 Å². The summed E-state index contributed by atoms with van der Waals surface area (Å²) in [6.07, 6.45) is 1.66. The fourth-order valence-corrected chi connectivity index (χ4v) is 4.24. The number of imide groups is 1. The number of hydrogen-bond acceptors (Lipinski definition) is 10. The first-order valence-electron chi connectivity index (χ1n) is 14.6. The Hall–Kier alpha value is -1.77. The van der Waals surface area contributed by atoms with Gasteiger partial charge in [0.15, 0.2) is 0 Å². The monoisotopic (exact) mass is 605 g/mol. The van der Waals surface area contributed by atoms with Gasteiger partial charge in [0.1, 0.15) is 0 Å². The number of ether oxygens (including phenoxy) is 5. The van der Waals surface area contributed by atoms with E-state index in [0.717, 1.165) is 13.0 Å². The molecule has 1 heterocycles. The molecule has 1 aliphatic rings. The highest BCUT2D eigenvalue weighted by Gasteiger charge is 2.39. The Labute approximate surface area is 249 Å². The average Bonchev–Trinajstić information content (AvgIpc) is 3.21. The molecule has 1 unspecified atom stereocenters. The molecular formula is C28H51N3O9S. The maximum absolute atomic E-state index is 12.3. The van der Waals surface area contributed by atoms with Crippen molar-refractivity contribution in [1.29, 1.82) is 0 Å². The minimum absolute atomic E-state index is 0.0497. The summed E-state index contributed by atoms with van der Waals surface area (Å²) in [7, 11) is 0. The van der Waals surface area contributed by atoms with Crippen LogP contribution in [0, 0.1) is 17.8 Å². The maximum Gasteiger partial charge on any atom is 0.233 e. The quantitative estimate of drug-likeness (QED) is 0.0852. The first-order valence-corrected chi connectivity index (χ1v) is 15.7. The van der Waals surface area contributed by atoms with Gasteiger partial charge in [-0.3, -0.25) is 24.1 Å². The second-order valence-corrected chi connectivity index (χ2v) is 11.3. The summed E-state index contributed by atoms with van der Waals surface area (Å²) in [6, 6.07) is 0. The second-order valence-electron chi connectivity index (χ2n) is 10.4. The summed E-state index contributed by atoms with van der Waals surface area (Å²) in [5.41, 5.74) is 0. The van der Waals surface area contributed by atoms with Crippen molar-refractivity contribution < 1.29 is 42.9 Å². The zero-order valence-corrected chi connectivity index (χ0v) is 26.1. The summed E-state index contributed by atoms with van der Waals surface area (Å²) in [4.78, 5) is 49.2. The van der Waals surface area contributed by atoms with Crippen LogP contribution in [0.1, 0.15) is 53.4 Å². The van der Waals surface area contributed by atoms with Crippen molar-refractivity contribution in [1.82, 2.24) is 15.5 Å². The Morgan fingerprint density at radius 2 is 1.39 bits per heavy atom. The number of carbonyl (C=O) groups excluding carboxylic acids is 4. The summed E-state index contributed by atoms with van der Waals surface area (Å²) in [5.74, 6) is 0.899. The molecule has 1 saturated heterocycles. The summed E-state index contributed by atoms with van der Waals surface area (Å²) in [6.45, 7) is 12.5. The van der Waals surface area contributed by atoms with E-state index in [9.17, 15) is 19.2 Å². The van der Waals surface area contributed by atoms with Crippen molar-refractivity contribution in [3.8, 4) is 0 Å². The van der Waals surface area contributed by atoms with Crippen molar-refractivity contribution in [3.63, 3.8) is 0 Å². The lowest BCUT2D eigenvalue weighted by Crippen LogP contribution is -2.36. The minimum Gasteiger partial charge on any atom is -0.379 e. The van der Waals surface area contributed by atoms with Gasteiger partial charge in [-0.05, 0) is 18.3 Å². The Balaban J connectivity index is 1.81. The molecule has 0 spiro atoms. The minimum atomic E-state index is -0.280. The fourth-order valence-electron chi connectivity index (χ4n) is 3.65. The Morgan fingerprint density at radius 1 is 0.805 bits per heavy atom. The van der Waals surface area contributed by atoms with Crippen LogP contribution in [-0.4, -0.2) is 113 Å². The van der Waals surface area contributed by atoms with Gasteiger partial charge < -0.3 is 34.3 Å². The van der Waals surface area contributed by atoms with Gasteiger partial charge in [0, 0.05) is 44.9 Å². The van der Waals surface area contributed by atoms with Gasteiger partial charge in [0.05, 0.1) is 64.7 Å². The van der Waals surface area contributed by atoms with E-state index in [1.54, 1.807) is 0 Å². The highest BCUT2D eigenvalue weighted by Crippen LogP contribution is 2.26. The van der Waals surface area contributed by atoms with Crippen LogP contribution in [0.4, 0.5) is 0 Å². The third-order valence-corrected chi connectivity index (χ3v) is 6.86. The van der Waals surface area contributed by atoms with Crippen LogP contribution in [0.2, 0.25) is 0 Å². The SMILES string of the molecule is CC(C)CCOCSCNC(=O)CCOCCOCCOCCOCCNC(=O)CCN1C(=O)CC(C(C)C)C1=O. The summed E-state index contributed by atoms with van der Waals surface area (Å²) < 4.78 is 27.2. The van der Waals surface area contributed by atoms with E-state index in [0.29, 0.717) is 83.6 Å². The van der Waals surface area contributed by atoms with Gasteiger partial charge in [-0.15, -0.1) is 11.8 Å². The molecule has 0 aromatic carbocycles. The molecule has 0 aromatic rings. The molecule has 1 rings (SSSR count). The smallest absolute Gasteiger partial charge is 0.233 e. The van der Waals surface area contributed by atoms with E-state index in [1.165, 1.54) is 16.7 Å². The van der Waals surface area contributed by atoms with Crippen LogP contribution in [0.5, 0.6) is 0 Å². The molecular weight excluding hydrogens is 554 g/mol. The third-order valence-electron chi connectivity index (χ3n) is 6.18. The van der Waals surface area contributed by atoms with E-state index in [1.807, 2.05) is 13.8 Å². The molecule has 0 bridgehead atoms. The summed E-state index contributed by atoms with van der Waals surface area (Å²) in [5, 5.41) is 5.54. The predicted molar refractivity (Wildman–Crippen MR) is 156 cm³/mol. The van der Waals surface area contributed by atoms with E-state index >= 15 is 0 Å². The van der Waals surface area contributed by atoms with Crippen molar-refractivity contribution in [2.75, 3.05) is 84.4 Å². The molecule has 0 aromatic heterocycles. The molecule has 0 saturated carbocycles. The van der Waals surface area contributed by atoms with E-state index in [2.05, 4.69) is 24.5 Å². The van der Waals surface area contributed by atoms with E-state index in [-0.39, 0.29) is 54.9 Å². The lowest BCUT2D eigenvalue weighted by atomic mass is 9.94. The molecule has 12 nitrogen and oxygen atoms in total. The second kappa shape index (κ2) is 23.8. The number of nitrogens with one attached hydrogen (secondary N) is 2. The Bertz CT molecular complexity index is 755. The number of hydrogen-bond donors (Lipinski definition) is 2. The van der Waals surface area contributed by atoms with Gasteiger partial charge in [0.25, 0.3) is 0 Å². The van der Waals surface area contributed by atoms with Crippen molar-refractivity contribution in [2.24, 2.45) is 17.8 Å². The number of rotatable bonds is 26. The maximum atomic E-state index is 12.3. The molecule has 1 atom stereocenters. The summed E-state index contributed by atoms with van der Waals surface area (Å²) >= 11 is 1.53. The molecule has 238 valence electrons. The van der Waals surface area contributed by atoms with Gasteiger partial charge in [-0.25, -0.2) is 0 Å². The van der Waals surface area contributed by atoms with Crippen LogP contribution >= 0.6 is 11.8 Å². The molecule has 4 amide bonds. The zero-order chi connectivity index (χ0) is 30.3. The molecule has 0 radical (unpaired) electrons. The van der Waals surface area contributed by atoms with Crippen molar-refractivity contribution >= 4 is 35.4 Å². The number of nitrogens with zero attached hydrogens (tertiary/aromatic N) is 1. The first kappa shape index (κ1) is 37.3. The van der Waals surface area contributed by atoms with E-state index in [4.69, 9.17) is 23.7 Å². The number of thioether (sulfide) groups is 1. The van der Waals surface area contributed by atoms with E-state index < -0.39 is 0 Å². The molecule has 0 aliphatic carbocycles. The highest BCUT2D eigenvalue weighted by atomic mass is 32.2. The largest absolute Gasteiger partial charge is 0.379 e. The molecule has 1 aliphatic heterocycles. The Morgan fingerprint density at radius 3 is 1.98 bits per heavy atom. The Kier molecular flexibility index (Phi) is 21.6. The van der Waals surface area contributed by atoms with Gasteiger partial charge >= 0.3 is 0 Å². The average molecular weight is 606 g/mol. The topological polar surface area (TPSA) is 142 Å². The zero-order valence-electron chi connectivity index (χ0n) is 25.3. The van der Waals surface area contributed by atoms with Crippen LogP contribution in [0.3, 0.4) is 0 Å². The number of amides is 4. The van der Waals surface area contributed by atoms with Crippen LogP contribution in [0.15, 0.2) is 0 Å². The van der Waals surface area contributed by atoms with Crippen LogP contribution in [-0.2, 0) is 42.9 Å². The standard InChI is InChI=1S/C28H51N3O9S/c1-22(2)6-10-40-21-41-20-30-26(33)7-11-36-13-15-38-17-18-39-16-14-37-12-8-29-25(32)5-9-31-27(34)19-24(23(3)4)28(31)35/h22-24H,5-21H2,1-4H3,(H,29,32)(H,30,33). The third kappa shape index (κ3) is 19.1. The normalized spacial score (nSPS) is 15.4. The molecule has 2 N–H and O–H groups in total. The van der Waals surface area contributed by atoms with Crippen molar-refractivity contribution in [2.45, 2.75) is 53.4 Å². The first-order chi connectivity index (χ1) is 19.7. The van der Waals surface area contributed by atoms with Crippen LogP contribution in [0.25, 0.3) is 0 Å². The van der Waals surface area contributed by atoms with Gasteiger partial charge in [-0.1, -0.05) is 27.7 Å². The van der Waals surface area contributed by atoms with Crippen LogP contribution < -0.4 is 10.6 Å². The molecule has 1 fully saturated rings. The highest BCUT2D eigenvalue weighted by molar-refractivity contribution is 7.99. The van der Waals surface area contributed by atoms with Gasteiger partial charge in [-0.2, -0.15) is 0 Å². The lowest BCUT2D eigenvalue weighted by molar-refractivity contribution is -0.140. The predicted octanol–water partition coefficient (Wildman–Crippen LogP) is 1.81. The number of carbonyl (C=O) groups is 4. The number of likely N-dealkylation sites (tertiary alicyclic amines) is 1. The van der Waals surface area contributed by atoms with Crippen molar-refractivity contribution in [3.05, 3.63) is 0 Å². The fraction of sp³-hybridized carbons (Fsp3) is 0.857.